The van der Waals surface area contributed by atoms with Crippen LogP contribution in [0.5, 0.6) is 0 Å². The van der Waals surface area contributed by atoms with E-state index in [1.165, 1.54) is 12.3 Å². The summed E-state index contributed by atoms with van der Waals surface area (Å²) in [7, 11) is -3.25. The number of carbonyl (C=O) groups excluding carboxylic acids is 1. The number of sulfonamides is 1. The lowest BCUT2D eigenvalue weighted by Gasteiger charge is -2.21. The van der Waals surface area contributed by atoms with Gasteiger partial charge in [-0.2, -0.15) is 0 Å². The largest absolute Gasteiger partial charge is 0.342 e. The number of benzene rings is 2. The molecule has 30 heavy (non-hydrogen) atoms. The van der Waals surface area contributed by atoms with Crippen LogP contribution in [-0.4, -0.2) is 44.6 Å². The number of likely N-dealkylation sites (tertiary alicyclic amines) is 1. The van der Waals surface area contributed by atoms with E-state index in [2.05, 4.69) is 4.72 Å². The van der Waals surface area contributed by atoms with E-state index >= 15 is 0 Å². The van der Waals surface area contributed by atoms with Crippen molar-refractivity contribution in [3.8, 4) is 11.1 Å². The van der Waals surface area contributed by atoms with Gasteiger partial charge in [-0.3, -0.25) is 4.79 Å². The molecule has 1 aliphatic carbocycles. The maximum atomic E-state index is 14.7. The lowest BCUT2D eigenvalue weighted by Crippen LogP contribution is -2.36. The van der Waals surface area contributed by atoms with Gasteiger partial charge in [0.2, 0.25) is 15.9 Å². The molecule has 5 nitrogen and oxygen atoms in total. The highest BCUT2D eigenvalue weighted by Gasteiger charge is 2.47. The number of carbonyl (C=O) groups is 1. The monoisotopic (exact) mass is 430 g/mol. The van der Waals surface area contributed by atoms with Crippen LogP contribution in [0.2, 0.25) is 0 Å². The van der Waals surface area contributed by atoms with E-state index in [1.54, 1.807) is 6.07 Å². The third-order valence-electron chi connectivity index (χ3n) is 6.04. The molecule has 4 rings (SSSR count). The lowest BCUT2D eigenvalue weighted by molar-refractivity contribution is -0.132. The summed E-state index contributed by atoms with van der Waals surface area (Å²) >= 11 is 0. The minimum absolute atomic E-state index is 0.0246. The summed E-state index contributed by atoms with van der Waals surface area (Å²) in [5, 5.41) is 0. The lowest BCUT2D eigenvalue weighted by atomic mass is 9.95. The van der Waals surface area contributed by atoms with Crippen LogP contribution in [0.25, 0.3) is 11.1 Å². The molecule has 1 saturated heterocycles. The zero-order valence-corrected chi connectivity index (χ0v) is 17.9. The van der Waals surface area contributed by atoms with E-state index in [-0.39, 0.29) is 29.6 Å². The molecular weight excluding hydrogens is 403 g/mol. The Labute approximate surface area is 177 Å². The Kier molecular flexibility index (Phi) is 5.93. The predicted octanol–water partition coefficient (Wildman–Crippen LogP) is 3.53. The summed E-state index contributed by atoms with van der Waals surface area (Å²) in [6, 6.07) is 14.4. The van der Waals surface area contributed by atoms with Crippen molar-refractivity contribution in [1.82, 2.24) is 9.62 Å². The van der Waals surface area contributed by atoms with Gasteiger partial charge in [0.25, 0.3) is 0 Å². The van der Waals surface area contributed by atoms with E-state index in [1.807, 2.05) is 41.3 Å². The predicted molar refractivity (Wildman–Crippen MR) is 115 cm³/mol. The third kappa shape index (κ3) is 4.73. The summed E-state index contributed by atoms with van der Waals surface area (Å²) in [4.78, 5) is 15.0. The number of amides is 1. The normalized spacial score (nSPS) is 24.3. The first-order chi connectivity index (χ1) is 14.3. The molecule has 0 spiro atoms. The van der Waals surface area contributed by atoms with E-state index < -0.39 is 10.0 Å². The molecule has 2 aromatic carbocycles. The zero-order chi connectivity index (χ0) is 21.3. The van der Waals surface area contributed by atoms with E-state index in [0.29, 0.717) is 25.1 Å². The minimum Gasteiger partial charge on any atom is -0.342 e. The van der Waals surface area contributed by atoms with Gasteiger partial charge in [-0.15, -0.1) is 0 Å². The fourth-order valence-electron chi connectivity index (χ4n) is 4.54. The second-order valence-corrected chi connectivity index (χ2v) is 10.1. The van der Waals surface area contributed by atoms with Crippen molar-refractivity contribution < 1.29 is 17.6 Å². The van der Waals surface area contributed by atoms with Crippen molar-refractivity contribution in [3.63, 3.8) is 0 Å². The van der Waals surface area contributed by atoms with Crippen LogP contribution < -0.4 is 4.72 Å². The molecule has 2 fully saturated rings. The maximum Gasteiger partial charge on any atom is 0.226 e. The first-order valence-corrected chi connectivity index (χ1v) is 12.3. The topological polar surface area (TPSA) is 66.5 Å². The summed E-state index contributed by atoms with van der Waals surface area (Å²) in [5.41, 5.74) is 2.31. The average Bonchev–Trinajstić information content (AvgIpc) is 3.51. The first-order valence-electron chi connectivity index (χ1n) is 10.4. The van der Waals surface area contributed by atoms with Crippen LogP contribution in [0.1, 0.15) is 37.2 Å². The molecule has 2 aromatic rings. The summed E-state index contributed by atoms with van der Waals surface area (Å²) in [5.74, 6) is -0.269. The fourth-order valence-corrected chi connectivity index (χ4v) is 5.38. The van der Waals surface area contributed by atoms with Crippen LogP contribution in [0.3, 0.4) is 0 Å². The third-order valence-corrected chi connectivity index (χ3v) is 6.80. The van der Waals surface area contributed by atoms with Crippen LogP contribution in [0.4, 0.5) is 4.39 Å². The molecule has 7 heteroatoms. The van der Waals surface area contributed by atoms with Gasteiger partial charge in [-0.25, -0.2) is 17.5 Å². The molecule has 1 heterocycles. The van der Waals surface area contributed by atoms with Gasteiger partial charge in [-0.1, -0.05) is 42.5 Å². The van der Waals surface area contributed by atoms with Crippen LogP contribution in [0.15, 0.2) is 48.5 Å². The molecule has 0 radical (unpaired) electrons. The van der Waals surface area contributed by atoms with Crippen molar-refractivity contribution >= 4 is 15.9 Å². The number of nitrogens with one attached hydrogen (secondary N) is 1. The van der Waals surface area contributed by atoms with Crippen molar-refractivity contribution in [3.05, 3.63) is 59.9 Å². The molecule has 1 N–H and O–H groups in total. The Morgan fingerprint density at radius 2 is 1.83 bits per heavy atom. The number of hydrogen-bond donors (Lipinski definition) is 1. The van der Waals surface area contributed by atoms with Crippen molar-refractivity contribution in [2.24, 2.45) is 5.92 Å². The molecule has 3 atom stereocenters. The Balaban J connectivity index is 1.46. The Hall–Kier alpha value is -2.25. The van der Waals surface area contributed by atoms with Gasteiger partial charge in [0.15, 0.2) is 0 Å². The molecule has 3 unspecified atom stereocenters. The standard InChI is InChI=1S/C23H27FN2O3S/c1-30(28,29)25-17-9-6-13-26(14-12-17)23(27)20-15-19(20)18-10-5-11-21(24)22(18)16-7-3-2-4-8-16/h2-5,7-8,10-11,17,19-20,25H,6,9,12-15H2,1H3. The summed E-state index contributed by atoms with van der Waals surface area (Å²) in [6.45, 7) is 1.18. The number of hydrogen-bond acceptors (Lipinski definition) is 3. The number of rotatable bonds is 5. The zero-order valence-electron chi connectivity index (χ0n) is 17.1. The second kappa shape index (κ2) is 8.47. The summed E-state index contributed by atoms with van der Waals surface area (Å²) in [6.07, 6.45) is 4.01. The Morgan fingerprint density at radius 3 is 2.57 bits per heavy atom. The van der Waals surface area contributed by atoms with Crippen molar-refractivity contribution in [1.29, 1.82) is 0 Å². The van der Waals surface area contributed by atoms with Crippen LogP contribution >= 0.6 is 0 Å². The Morgan fingerprint density at radius 1 is 1.07 bits per heavy atom. The fraction of sp³-hybridized carbons (Fsp3) is 0.435. The van der Waals surface area contributed by atoms with Gasteiger partial charge in [0.05, 0.1) is 6.26 Å². The van der Waals surface area contributed by atoms with E-state index in [4.69, 9.17) is 0 Å². The van der Waals surface area contributed by atoms with Gasteiger partial charge < -0.3 is 4.90 Å². The molecule has 160 valence electrons. The number of halogens is 1. The molecule has 1 aliphatic heterocycles. The van der Waals surface area contributed by atoms with Crippen LogP contribution in [-0.2, 0) is 14.8 Å². The molecular formula is C23H27FN2O3S. The van der Waals surface area contributed by atoms with Gasteiger partial charge >= 0.3 is 0 Å². The van der Waals surface area contributed by atoms with Gasteiger partial charge in [-0.05, 0) is 48.8 Å². The smallest absolute Gasteiger partial charge is 0.226 e. The highest BCUT2D eigenvalue weighted by molar-refractivity contribution is 7.88. The highest BCUT2D eigenvalue weighted by Crippen LogP contribution is 2.51. The van der Waals surface area contributed by atoms with Gasteiger partial charge in [0.1, 0.15) is 5.82 Å². The van der Waals surface area contributed by atoms with E-state index in [0.717, 1.165) is 30.4 Å². The van der Waals surface area contributed by atoms with Crippen molar-refractivity contribution in [2.45, 2.75) is 37.6 Å². The molecule has 1 saturated carbocycles. The average molecular weight is 431 g/mol. The molecule has 0 bridgehead atoms. The SMILES string of the molecule is CS(=O)(=O)NC1CCCN(C(=O)C2CC2c2cccc(F)c2-c2ccccc2)CC1. The quantitative estimate of drug-likeness (QED) is 0.789. The van der Waals surface area contributed by atoms with Crippen LogP contribution in [0, 0.1) is 11.7 Å². The molecule has 2 aliphatic rings. The first kappa shape index (κ1) is 21.0. The second-order valence-electron chi connectivity index (χ2n) is 8.36. The molecule has 1 amide bonds. The minimum atomic E-state index is -3.25. The van der Waals surface area contributed by atoms with Crippen molar-refractivity contribution in [2.75, 3.05) is 19.3 Å². The Bertz CT molecular complexity index is 1030. The summed E-state index contributed by atoms with van der Waals surface area (Å²) < 4.78 is 40.3. The van der Waals surface area contributed by atoms with Gasteiger partial charge in [0, 0.05) is 30.6 Å². The van der Waals surface area contributed by atoms with E-state index in [9.17, 15) is 17.6 Å². The highest BCUT2D eigenvalue weighted by atomic mass is 32.2. The maximum absolute atomic E-state index is 14.7. The molecule has 0 aromatic heterocycles. The number of nitrogens with zero attached hydrogens (tertiary/aromatic N) is 1.